The van der Waals surface area contributed by atoms with Gasteiger partial charge in [-0.3, -0.25) is 0 Å². The average Bonchev–Trinajstić information content (AvgIpc) is 4.10. The molecule has 6 heteroatoms. The Balaban J connectivity index is 0.904. The van der Waals surface area contributed by atoms with E-state index in [9.17, 15) is 0 Å². The Hall–Kier alpha value is -8.97. The van der Waals surface area contributed by atoms with Crippen LogP contribution < -0.4 is 0 Å². The van der Waals surface area contributed by atoms with E-state index in [-0.39, 0.29) is 0 Å². The summed E-state index contributed by atoms with van der Waals surface area (Å²) in [4.78, 5) is 15.6. The Morgan fingerprint density at radius 2 is 0.797 bits per heavy atom. The van der Waals surface area contributed by atoms with Gasteiger partial charge in [-0.15, -0.1) is 11.3 Å². The zero-order chi connectivity index (χ0) is 45.4. The van der Waals surface area contributed by atoms with E-state index >= 15 is 0 Å². The molecule has 10 aromatic carbocycles. The number of fused-ring (bicyclic) bond motifs is 9. The predicted octanol–water partition coefficient (Wildman–Crippen LogP) is 17.2. The first-order valence-electron chi connectivity index (χ1n) is 23.1. The summed E-state index contributed by atoms with van der Waals surface area (Å²) in [6, 6.07) is 81.9. The maximum Gasteiger partial charge on any atom is 0.164 e. The minimum Gasteiger partial charge on any atom is -0.456 e. The maximum absolute atomic E-state index is 6.21. The highest BCUT2D eigenvalue weighted by Gasteiger charge is 2.18. The fourth-order valence-electron chi connectivity index (χ4n) is 10.1. The third-order valence-electron chi connectivity index (χ3n) is 13.4. The van der Waals surface area contributed by atoms with Crippen LogP contribution in [0.1, 0.15) is 0 Å². The van der Waals surface area contributed by atoms with Crippen molar-refractivity contribution in [3.8, 4) is 73.2 Å². The lowest BCUT2D eigenvalue weighted by Gasteiger charge is -2.13. The van der Waals surface area contributed by atoms with E-state index in [2.05, 4.69) is 205 Å². The second kappa shape index (κ2) is 15.8. The molecule has 0 spiro atoms. The standard InChI is InChI=1S/C63H38N4OS/c1-3-13-39(14-4-1)45-33-46(40-15-5-2-6-16-40)35-47(34-45)42-25-30-50-49-17-7-10-20-55(49)67(56(50)37-42)48-28-23-41(24-29-48)61-64-62(43-27-32-58-54(36-43)51-18-8-11-21-57(51)68-58)66-63(65-61)44-26-31-53-52-19-9-12-22-59(52)69-60(53)38-44/h1-38H. The first kappa shape index (κ1) is 39.2. The molecule has 0 aliphatic carbocycles. The number of furan rings is 1. The van der Waals surface area contributed by atoms with Crippen LogP contribution in [0.4, 0.5) is 0 Å². The number of para-hydroxylation sites is 2. The molecule has 0 radical (unpaired) electrons. The number of aromatic nitrogens is 4. The second-order valence-electron chi connectivity index (χ2n) is 17.6. The molecular weight excluding hydrogens is 861 g/mol. The van der Waals surface area contributed by atoms with E-state index in [4.69, 9.17) is 19.4 Å². The van der Waals surface area contributed by atoms with Crippen molar-refractivity contribution in [2.24, 2.45) is 0 Å². The number of thiophene rings is 1. The SMILES string of the molecule is c1ccc(-c2cc(-c3ccccc3)cc(-c3ccc4c5ccccc5n(-c5ccc(-c6nc(-c7ccc8c(c7)sc7ccccc78)nc(-c7ccc8oc9ccccc9c8c7)n6)cc5)c4c3)c2)cc1. The number of nitrogens with zero attached hydrogens (tertiary/aromatic N) is 4. The van der Waals surface area contributed by atoms with Gasteiger partial charge in [0, 0.05) is 64.1 Å². The highest BCUT2D eigenvalue weighted by atomic mass is 32.1. The van der Waals surface area contributed by atoms with Crippen LogP contribution in [0.5, 0.6) is 0 Å². The molecule has 0 atom stereocenters. The second-order valence-corrected chi connectivity index (χ2v) is 18.7. The molecule has 0 aliphatic rings. The Morgan fingerprint density at radius 1 is 0.290 bits per heavy atom. The average molecular weight is 899 g/mol. The van der Waals surface area contributed by atoms with Gasteiger partial charge in [0.2, 0.25) is 0 Å². The molecule has 0 unspecified atom stereocenters. The molecule has 5 nitrogen and oxygen atoms in total. The van der Waals surface area contributed by atoms with Gasteiger partial charge >= 0.3 is 0 Å². The predicted molar refractivity (Wildman–Crippen MR) is 287 cm³/mol. The lowest BCUT2D eigenvalue weighted by atomic mass is 9.93. The minimum absolute atomic E-state index is 0.601. The van der Waals surface area contributed by atoms with Crippen molar-refractivity contribution in [3.63, 3.8) is 0 Å². The van der Waals surface area contributed by atoms with Crippen molar-refractivity contribution in [2.75, 3.05) is 0 Å². The van der Waals surface area contributed by atoms with Crippen LogP contribution in [0.3, 0.4) is 0 Å². The Kier molecular flexibility index (Phi) is 9.00. The summed E-state index contributed by atoms with van der Waals surface area (Å²) in [7, 11) is 0. The van der Waals surface area contributed by atoms with Crippen LogP contribution in [0.25, 0.3) is 137 Å². The van der Waals surface area contributed by atoms with Gasteiger partial charge in [0.05, 0.1) is 11.0 Å². The number of benzene rings is 10. The third-order valence-corrected chi connectivity index (χ3v) is 14.6. The molecular formula is C63H38N4OS. The van der Waals surface area contributed by atoms with Crippen LogP contribution in [0.2, 0.25) is 0 Å². The molecule has 322 valence electrons. The normalized spacial score (nSPS) is 11.8. The van der Waals surface area contributed by atoms with Crippen molar-refractivity contribution >= 4 is 75.3 Å². The zero-order valence-electron chi connectivity index (χ0n) is 37.0. The van der Waals surface area contributed by atoms with Gasteiger partial charge in [0.15, 0.2) is 17.5 Å². The van der Waals surface area contributed by atoms with E-state index in [0.717, 1.165) is 66.5 Å². The van der Waals surface area contributed by atoms with Gasteiger partial charge in [-0.1, -0.05) is 140 Å². The highest BCUT2D eigenvalue weighted by molar-refractivity contribution is 7.25. The van der Waals surface area contributed by atoms with Gasteiger partial charge < -0.3 is 8.98 Å². The summed E-state index contributed by atoms with van der Waals surface area (Å²) in [6.07, 6.45) is 0. The Bertz CT molecular complexity index is 4240. The number of rotatable bonds is 7. The first-order chi connectivity index (χ1) is 34.1. The van der Waals surface area contributed by atoms with E-state index < -0.39 is 0 Å². The van der Waals surface area contributed by atoms with Crippen molar-refractivity contribution in [1.29, 1.82) is 0 Å². The van der Waals surface area contributed by atoms with Gasteiger partial charge in [-0.05, 0) is 124 Å². The molecule has 4 aromatic heterocycles. The molecule has 0 saturated heterocycles. The first-order valence-corrected chi connectivity index (χ1v) is 24.0. The number of hydrogen-bond acceptors (Lipinski definition) is 5. The fraction of sp³-hybridized carbons (Fsp3) is 0. The van der Waals surface area contributed by atoms with Crippen molar-refractivity contribution < 1.29 is 4.42 Å². The largest absolute Gasteiger partial charge is 0.456 e. The third kappa shape index (κ3) is 6.72. The molecule has 0 amide bonds. The molecule has 14 rings (SSSR count). The molecule has 69 heavy (non-hydrogen) atoms. The quantitative estimate of drug-likeness (QED) is 0.160. The molecule has 0 bridgehead atoms. The Morgan fingerprint density at radius 3 is 1.54 bits per heavy atom. The monoisotopic (exact) mass is 898 g/mol. The molecule has 0 N–H and O–H groups in total. The van der Waals surface area contributed by atoms with Crippen molar-refractivity contribution in [3.05, 3.63) is 231 Å². The molecule has 4 heterocycles. The zero-order valence-corrected chi connectivity index (χ0v) is 37.9. The summed E-state index contributed by atoms with van der Waals surface area (Å²) in [5, 5.41) is 6.98. The Labute approximate surface area is 400 Å². The van der Waals surface area contributed by atoms with E-state index in [0.29, 0.717) is 17.5 Å². The summed E-state index contributed by atoms with van der Waals surface area (Å²) in [5.74, 6) is 1.83. The fourth-order valence-corrected chi connectivity index (χ4v) is 11.2. The van der Waals surface area contributed by atoms with Gasteiger partial charge in [0.25, 0.3) is 0 Å². The highest BCUT2D eigenvalue weighted by Crippen LogP contribution is 2.40. The molecule has 0 aliphatic heterocycles. The smallest absolute Gasteiger partial charge is 0.164 e. The van der Waals surface area contributed by atoms with Gasteiger partial charge in [0.1, 0.15) is 11.2 Å². The summed E-state index contributed by atoms with van der Waals surface area (Å²) < 4.78 is 11.0. The topological polar surface area (TPSA) is 56.7 Å². The van der Waals surface area contributed by atoms with Crippen LogP contribution in [-0.2, 0) is 0 Å². The lowest BCUT2D eigenvalue weighted by molar-refractivity contribution is 0.669. The van der Waals surface area contributed by atoms with Crippen molar-refractivity contribution in [2.45, 2.75) is 0 Å². The van der Waals surface area contributed by atoms with Crippen LogP contribution >= 0.6 is 11.3 Å². The summed E-state index contributed by atoms with van der Waals surface area (Å²) in [6.45, 7) is 0. The molecule has 0 fully saturated rings. The number of hydrogen-bond donors (Lipinski definition) is 0. The van der Waals surface area contributed by atoms with Crippen LogP contribution in [0.15, 0.2) is 235 Å². The van der Waals surface area contributed by atoms with Gasteiger partial charge in [-0.2, -0.15) is 0 Å². The van der Waals surface area contributed by atoms with Gasteiger partial charge in [-0.25, -0.2) is 15.0 Å². The lowest BCUT2D eigenvalue weighted by Crippen LogP contribution is -2.00. The van der Waals surface area contributed by atoms with Crippen LogP contribution in [-0.4, -0.2) is 19.5 Å². The molecule has 14 aromatic rings. The maximum atomic E-state index is 6.21. The minimum atomic E-state index is 0.601. The molecule has 0 saturated carbocycles. The van der Waals surface area contributed by atoms with E-state index in [1.165, 1.54) is 53.2 Å². The van der Waals surface area contributed by atoms with E-state index in [1.54, 1.807) is 11.3 Å². The van der Waals surface area contributed by atoms with Crippen molar-refractivity contribution in [1.82, 2.24) is 19.5 Å². The van der Waals surface area contributed by atoms with Crippen LogP contribution in [0, 0.1) is 0 Å². The summed E-state index contributed by atoms with van der Waals surface area (Å²) >= 11 is 1.79. The van der Waals surface area contributed by atoms with E-state index in [1.807, 2.05) is 30.3 Å². The summed E-state index contributed by atoms with van der Waals surface area (Å²) in [5.41, 5.74) is 14.8.